The van der Waals surface area contributed by atoms with Crippen LogP contribution in [0, 0.1) is 0 Å². The maximum absolute atomic E-state index is 12.8. The molecule has 0 heterocycles. The van der Waals surface area contributed by atoms with Crippen LogP contribution in [0.2, 0.25) is 0 Å². The number of hydrogen-bond donors (Lipinski definition) is 0. The van der Waals surface area contributed by atoms with Crippen LogP contribution >= 0.6 is 0 Å². The third-order valence-corrected chi connectivity index (χ3v) is 10.8. The van der Waals surface area contributed by atoms with Gasteiger partial charge in [-0.25, -0.2) is 0 Å². The van der Waals surface area contributed by atoms with Crippen molar-refractivity contribution < 1.29 is 28.6 Å². The fourth-order valence-corrected chi connectivity index (χ4v) is 6.85. The average Bonchev–Trinajstić information content (AvgIpc) is 3.29. The molecular formula is C58H96O6. The molecule has 64 heavy (non-hydrogen) atoms. The van der Waals surface area contributed by atoms with Gasteiger partial charge in [0, 0.05) is 19.3 Å². The zero-order valence-electron chi connectivity index (χ0n) is 41.5. The molecule has 0 radical (unpaired) electrons. The Labute approximate surface area is 394 Å². The first-order chi connectivity index (χ1) is 31.5. The van der Waals surface area contributed by atoms with Crippen LogP contribution in [0.4, 0.5) is 0 Å². The first kappa shape index (κ1) is 60.3. The smallest absolute Gasteiger partial charge is 0.306 e. The Balaban J connectivity index is 4.49. The zero-order valence-corrected chi connectivity index (χ0v) is 41.5. The number of hydrogen-bond acceptors (Lipinski definition) is 6. The van der Waals surface area contributed by atoms with Crippen molar-refractivity contribution in [1.29, 1.82) is 0 Å². The molecule has 6 nitrogen and oxygen atoms in total. The van der Waals surface area contributed by atoms with Gasteiger partial charge in [0.1, 0.15) is 13.2 Å². The van der Waals surface area contributed by atoms with Crippen LogP contribution in [0.25, 0.3) is 0 Å². The quantitative estimate of drug-likeness (QED) is 0.0199. The van der Waals surface area contributed by atoms with Gasteiger partial charge in [-0.1, -0.05) is 201 Å². The predicted octanol–water partition coefficient (Wildman–Crippen LogP) is 17.4. The fourth-order valence-electron chi connectivity index (χ4n) is 6.85. The minimum atomic E-state index is -0.808. The van der Waals surface area contributed by atoms with Gasteiger partial charge < -0.3 is 14.2 Å². The van der Waals surface area contributed by atoms with Gasteiger partial charge in [0.15, 0.2) is 6.10 Å². The van der Waals surface area contributed by atoms with Gasteiger partial charge in [0.05, 0.1) is 0 Å². The zero-order chi connectivity index (χ0) is 46.5. The maximum atomic E-state index is 12.8. The molecule has 6 heteroatoms. The molecule has 0 aliphatic rings. The first-order valence-electron chi connectivity index (χ1n) is 26.3. The maximum Gasteiger partial charge on any atom is 0.306 e. The summed E-state index contributed by atoms with van der Waals surface area (Å²) in [6, 6.07) is 0. The highest BCUT2D eigenvalue weighted by Crippen LogP contribution is 2.13. The lowest BCUT2D eigenvalue weighted by atomic mass is 10.1. The van der Waals surface area contributed by atoms with Crippen LogP contribution in [0.5, 0.6) is 0 Å². The summed E-state index contributed by atoms with van der Waals surface area (Å²) in [4.78, 5) is 38.0. The second-order valence-electron chi connectivity index (χ2n) is 17.1. The molecular weight excluding hydrogens is 793 g/mol. The SMILES string of the molecule is CC/C=C\C/C=C\C/C=C\C/C=C\C/C=C\CCCCCC(=O)OCC(COC(=O)CCCCCCC/C=C\CCCC)OC(=O)CCCCC/C=C\C=C/CCCCCCCCC. The summed E-state index contributed by atoms with van der Waals surface area (Å²) < 4.78 is 16.7. The van der Waals surface area contributed by atoms with Crippen molar-refractivity contribution in [2.75, 3.05) is 13.2 Å². The van der Waals surface area contributed by atoms with E-state index in [4.69, 9.17) is 14.2 Å². The molecule has 0 rings (SSSR count). The third kappa shape index (κ3) is 49.3. The summed E-state index contributed by atoms with van der Waals surface area (Å²) in [6.07, 6.45) is 68.2. The number of carbonyl (C=O) groups is 3. The van der Waals surface area contributed by atoms with Gasteiger partial charge in [-0.2, -0.15) is 0 Å². The van der Waals surface area contributed by atoms with E-state index in [0.29, 0.717) is 12.8 Å². The number of allylic oxidation sites excluding steroid dienone is 16. The van der Waals surface area contributed by atoms with Gasteiger partial charge >= 0.3 is 17.9 Å². The fraction of sp³-hybridized carbons (Fsp3) is 0.672. The summed E-state index contributed by atoms with van der Waals surface area (Å²) in [5.74, 6) is -0.977. The van der Waals surface area contributed by atoms with Crippen molar-refractivity contribution in [3.05, 3.63) is 97.2 Å². The van der Waals surface area contributed by atoms with Crippen LogP contribution in [-0.2, 0) is 28.6 Å². The van der Waals surface area contributed by atoms with E-state index in [9.17, 15) is 14.4 Å². The Kier molecular flexibility index (Phi) is 49.0. The number of rotatable bonds is 46. The lowest BCUT2D eigenvalue weighted by molar-refractivity contribution is -0.167. The molecule has 0 aromatic rings. The van der Waals surface area contributed by atoms with Crippen LogP contribution < -0.4 is 0 Å². The van der Waals surface area contributed by atoms with E-state index in [0.717, 1.165) is 122 Å². The average molecular weight is 889 g/mol. The highest BCUT2D eigenvalue weighted by Gasteiger charge is 2.19. The molecule has 0 saturated carbocycles. The summed E-state index contributed by atoms with van der Waals surface area (Å²) >= 11 is 0. The molecule has 0 aromatic heterocycles. The van der Waals surface area contributed by atoms with Gasteiger partial charge in [0.25, 0.3) is 0 Å². The Morgan fingerprint density at radius 3 is 1.12 bits per heavy atom. The lowest BCUT2D eigenvalue weighted by Gasteiger charge is -2.18. The molecule has 0 amide bonds. The topological polar surface area (TPSA) is 78.9 Å². The number of ether oxygens (including phenoxy) is 3. The molecule has 0 spiro atoms. The van der Waals surface area contributed by atoms with Crippen molar-refractivity contribution in [3.63, 3.8) is 0 Å². The number of carbonyl (C=O) groups excluding carboxylic acids is 3. The van der Waals surface area contributed by atoms with Gasteiger partial charge in [-0.3, -0.25) is 14.4 Å². The van der Waals surface area contributed by atoms with E-state index in [2.05, 4.69) is 118 Å². The number of unbranched alkanes of at least 4 members (excludes halogenated alkanes) is 20. The molecule has 0 bridgehead atoms. The Bertz CT molecular complexity index is 1300. The van der Waals surface area contributed by atoms with Crippen LogP contribution in [-0.4, -0.2) is 37.2 Å². The largest absolute Gasteiger partial charge is 0.462 e. The summed E-state index contributed by atoms with van der Waals surface area (Å²) in [7, 11) is 0. The molecule has 1 unspecified atom stereocenters. The molecule has 0 saturated heterocycles. The second-order valence-corrected chi connectivity index (χ2v) is 17.1. The van der Waals surface area contributed by atoms with Crippen molar-refractivity contribution in [1.82, 2.24) is 0 Å². The molecule has 364 valence electrons. The second kappa shape index (κ2) is 52.0. The Morgan fingerprint density at radius 2 is 0.672 bits per heavy atom. The van der Waals surface area contributed by atoms with Crippen molar-refractivity contribution in [2.24, 2.45) is 0 Å². The number of esters is 3. The van der Waals surface area contributed by atoms with Crippen molar-refractivity contribution in [3.8, 4) is 0 Å². The van der Waals surface area contributed by atoms with Crippen molar-refractivity contribution >= 4 is 17.9 Å². The van der Waals surface area contributed by atoms with E-state index < -0.39 is 6.10 Å². The molecule has 0 N–H and O–H groups in total. The minimum Gasteiger partial charge on any atom is -0.462 e. The van der Waals surface area contributed by atoms with E-state index in [1.165, 1.54) is 70.6 Å². The summed E-state index contributed by atoms with van der Waals surface area (Å²) in [6.45, 7) is 6.41. The third-order valence-electron chi connectivity index (χ3n) is 10.8. The summed E-state index contributed by atoms with van der Waals surface area (Å²) in [5, 5.41) is 0. The predicted molar refractivity (Wildman–Crippen MR) is 274 cm³/mol. The standard InChI is InChI=1S/C58H96O6/c1-4-7-10-13-16-19-22-24-26-28-29-30-32-33-36-39-42-45-48-51-57(60)63-54-55(53-62-56(59)50-47-44-41-38-35-21-18-15-12-9-6-3)64-58(61)52-49-46-43-40-37-34-31-27-25-23-20-17-14-11-8-5-2/h7,10,15-16,18-19,24,26-27,29-31,33-34,36-37,55H,4-6,8-9,11-14,17,20-23,25,28,32,35,38-54H2,1-3H3/b10-7-,18-15-,19-16-,26-24-,30-29-,31-27-,36-33-,37-34-. The molecule has 0 aliphatic heterocycles. The Morgan fingerprint density at radius 1 is 0.344 bits per heavy atom. The lowest BCUT2D eigenvalue weighted by Crippen LogP contribution is -2.30. The normalized spacial score (nSPS) is 12.9. The Hall–Kier alpha value is -3.67. The van der Waals surface area contributed by atoms with Gasteiger partial charge in [-0.15, -0.1) is 0 Å². The van der Waals surface area contributed by atoms with E-state index >= 15 is 0 Å². The molecule has 0 aliphatic carbocycles. The van der Waals surface area contributed by atoms with Crippen molar-refractivity contribution in [2.45, 2.75) is 239 Å². The monoisotopic (exact) mass is 889 g/mol. The van der Waals surface area contributed by atoms with Crippen LogP contribution in [0.3, 0.4) is 0 Å². The first-order valence-corrected chi connectivity index (χ1v) is 26.3. The van der Waals surface area contributed by atoms with Gasteiger partial charge in [0.2, 0.25) is 0 Å². The molecule has 0 aromatic carbocycles. The highest BCUT2D eigenvalue weighted by atomic mass is 16.6. The van der Waals surface area contributed by atoms with E-state index in [-0.39, 0.29) is 37.5 Å². The van der Waals surface area contributed by atoms with Gasteiger partial charge in [-0.05, 0) is 109 Å². The highest BCUT2D eigenvalue weighted by molar-refractivity contribution is 5.71. The molecule has 0 fully saturated rings. The van der Waals surface area contributed by atoms with Crippen LogP contribution in [0.1, 0.15) is 233 Å². The van der Waals surface area contributed by atoms with Crippen LogP contribution in [0.15, 0.2) is 97.2 Å². The molecule has 1 atom stereocenters. The van der Waals surface area contributed by atoms with E-state index in [1.54, 1.807) is 0 Å². The minimum absolute atomic E-state index is 0.104. The summed E-state index contributed by atoms with van der Waals surface area (Å²) in [5.41, 5.74) is 0. The van der Waals surface area contributed by atoms with E-state index in [1.807, 2.05) is 0 Å².